The monoisotopic (exact) mass is 209 g/mol. The van der Waals surface area contributed by atoms with E-state index in [1.54, 1.807) is 6.20 Å². The molecule has 0 saturated carbocycles. The zero-order valence-electron chi connectivity index (χ0n) is 9.92. The Morgan fingerprint density at radius 3 is 2.80 bits per heavy atom. The molecule has 1 aromatic heterocycles. The molecule has 0 amide bonds. The average molecular weight is 209 g/mol. The van der Waals surface area contributed by atoms with E-state index in [4.69, 9.17) is 0 Å². The standard InChI is InChI=1S/C12H23N3/c1-3-5-7-11(6-4-2)15-10-12-13-8-9-14-12/h8-9,11,15H,3-7,10H2,1-2H3,(H,13,14). The van der Waals surface area contributed by atoms with Crippen molar-refractivity contribution in [2.24, 2.45) is 0 Å². The quantitative estimate of drug-likeness (QED) is 0.691. The van der Waals surface area contributed by atoms with Crippen LogP contribution in [-0.2, 0) is 6.54 Å². The van der Waals surface area contributed by atoms with Crippen molar-refractivity contribution in [2.75, 3.05) is 0 Å². The molecule has 15 heavy (non-hydrogen) atoms. The van der Waals surface area contributed by atoms with Crippen molar-refractivity contribution < 1.29 is 0 Å². The summed E-state index contributed by atoms with van der Waals surface area (Å²) in [6, 6.07) is 0.653. The normalized spacial score (nSPS) is 12.9. The van der Waals surface area contributed by atoms with Gasteiger partial charge in [-0.3, -0.25) is 0 Å². The molecule has 1 aromatic rings. The van der Waals surface area contributed by atoms with Crippen LogP contribution in [0.5, 0.6) is 0 Å². The molecule has 0 saturated heterocycles. The van der Waals surface area contributed by atoms with Crippen LogP contribution in [0.2, 0.25) is 0 Å². The molecule has 1 rings (SSSR count). The third kappa shape index (κ3) is 4.98. The number of nitrogens with zero attached hydrogens (tertiary/aromatic N) is 1. The first-order valence-corrected chi connectivity index (χ1v) is 6.08. The summed E-state index contributed by atoms with van der Waals surface area (Å²) in [7, 11) is 0. The molecule has 0 aliphatic carbocycles. The third-order valence-electron chi connectivity index (χ3n) is 2.66. The van der Waals surface area contributed by atoms with Crippen molar-refractivity contribution in [3.05, 3.63) is 18.2 Å². The third-order valence-corrected chi connectivity index (χ3v) is 2.66. The van der Waals surface area contributed by atoms with E-state index in [0.717, 1.165) is 12.4 Å². The van der Waals surface area contributed by atoms with Gasteiger partial charge in [-0.05, 0) is 12.8 Å². The number of imidazole rings is 1. The maximum absolute atomic E-state index is 4.21. The fourth-order valence-corrected chi connectivity index (χ4v) is 1.78. The Bertz CT molecular complexity index is 231. The smallest absolute Gasteiger partial charge is 0.120 e. The minimum atomic E-state index is 0.653. The Labute approximate surface area is 92.7 Å². The second-order valence-corrected chi connectivity index (χ2v) is 4.04. The van der Waals surface area contributed by atoms with Gasteiger partial charge in [0, 0.05) is 18.4 Å². The molecule has 0 radical (unpaired) electrons. The van der Waals surface area contributed by atoms with E-state index in [1.807, 2.05) is 6.20 Å². The van der Waals surface area contributed by atoms with E-state index < -0.39 is 0 Å². The maximum atomic E-state index is 4.21. The SMILES string of the molecule is CCCCC(CCC)NCc1ncc[nH]1. The Balaban J connectivity index is 2.24. The van der Waals surface area contributed by atoms with Crippen LogP contribution in [0.3, 0.4) is 0 Å². The summed E-state index contributed by atoms with van der Waals surface area (Å²) in [5.41, 5.74) is 0. The molecule has 0 aromatic carbocycles. The maximum Gasteiger partial charge on any atom is 0.120 e. The lowest BCUT2D eigenvalue weighted by Gasteiger charge is -2.16. The molecular formula is C12H23N3. The summed E-state index contributed by atoms with van der Waals surface area (Å²) >= 11 is 0. The zero-order valence-corrected chi connectivity index (χ0v) is 9.92. The van der Waals surface area contributed by atoms with Gasteiger partial charge in [0.1, 0.15) is 5.82 Å². The number of H-pyrrole nitrogens is 1. The van der Waals surface area contributed by atoms with Gasteiger partial charge in [0.2, 0.25) is 0 Å². The number of aromatic nitrogens is 2. The Hall–Kier alpha value is -0.830. The Kier molecular flexibility index (Phi) is 6.09. The lowest BCUT2D eigenvalue weighted by atomic mass is 10.1. The highest BCUT2D eigenvalue weighted by molar-refractivity contribution is 4.86. The van der Waals surface area contributed by atoms with Crippen molar-refractivity contribution in [1.82, 2.24) is 15.3 Å². The highest BCUT2D eigenvalue weighted by atomic mass is 15.0. The predicted molar refractivity (Wildman–Crippen MR) is 63.6 cm³/mol. The lowest BCUT2D eigenvalue weighted by molar-refractivity contribution is 0.429. The molecule has 0 aliphatic heterocycles. The van der Waals surface area contributed by atoms with E-state index in [1.165, 1.54) is 32.1 Å². The van der Waals surface area contributed by atoms with Crippen LogP contribution in [0, 0.1) is 0 Å². The first-order valence-electron chi connectivity index (χ1n) is 6.08. The molecule has 0 fully saturated rings. The van der Waals surface area contributed by atoms with Crippen LogP contribution in [0.25, 0.3) is 0 Å². The lowest BCUT2D eigenvalue weighted by Crippen LogP contribution is -2.28. The van der Waals surface area contributed by atoms with Crippen molar-refractivity contribution in [3.63, 3.8) is 0 Å². The number of hydrogen-bond donors (Lipinski definition) is 2. The summed E-state index contributed by atoms with van der Waals surface area (Å²) in [6.45, 7) is 5.35. The van der Waals surface area contributed by atoms with E-state index in [2.05, 4.69) is 29.1 Å². The second-order valence-electron chi connectivity index (χ2n) is 4.04. The van der Waals surface area contributed by atoms with Gasteiger partial charge in [0.25, 0.3) is 0 Å². The van der Waals surface area contributed by atoms with Gasteiger partial charge in [-0.2, -0.15) is 0 Å². The van der Waals surface area contributed by atoms with Crippen LogP contribution in [0.4, 0.5) is 0 Å². The minimum Gasteiger partial charge on any atom is -0.348 e. The van der Waals surface area contributed by atoms with Gasteiger partial charge >= 0.3 is 0 Å². The van der Waals surface area contributed by atoms with Crippen molar-refractivity contribution in [3.8, 4) is 0 Å². The number of nitrogens with one attached hydrogen (secondary N) is 2. The molecule has 86 valence electrons. The summed E-state index contributed by atoms with van der Waals surface area (Å²) < 4.78 is 0. The number of unbranched alkanes of at least 4 members (excludes halogenated alkanes) is 1. The van der Waals surface area contributed by atoms with Crippen molar-refractivity contribution >= 4 is 0 Å². The van der Waals surface area contributed by atoms with Crippen LogP contribution in [0.15, 0.2) is 12.4 Å². The highest BCUT2D eigenvalue weighted by Gasteiger charge is 2.06. The first-order chi connectivity index (χ1) is 7.36. The van der Waals surface area contributed by atoms with Gasteiger partial charge in [-0.25, -0.2) is 4.98 Å². The highest BCUT2D eigenvalue weighted by Crippen LogP contribution is 2.07. The second kappa shape index (κ2) is 7.46. The Morgan fingerprint density at radius 1 is 1.33 bits per heavy atom. The molecule has 3 nitrogen and oxygen atoms in total. The van der Waals surface area contributed by atoms with E-state index in [-0.39, 0.29) is 0 Å². The largest absolute Gasteiger partial charge is 0.348 e. The first kappa shape index (κ1) is 12.2. The Morgan fingerprint density at radius 2 is 2.20 bits per heavy atom. The number of hydrogen-bond acceptors (Lipinski definition) is 2. The van der Waals surface area contributed by atoms with Gasteiger partial charge < -0.3 is 10.3 Å². The number of rotatable bonds is 8. The van der Waals surface area contributed by atoms with Crippen LogP contribution >= 0.6 is 0 Å². The fourth-order valence-electron chi connectivity index (χ4n) is 1.78. The molecule has 2 N–H and O–H groups in total. The molecular weight excluding hydrogens is 186 g/mol. The average Bonchev–Trinajstić information content (AvgIpc) is 2.75. The summed E-state index contributed by atoms with van der Waals surface area (Å²) in [4.78, 5) is 7.33. The van der Waals surface area contributed by atoms with Crippen molar-refractivity contribution in [2.45, 2.75) is 58.5 Å². The van der Waals surface area contributed by atoms with Crippen molar-refractivity contribution in [1.29, 1.82) is 0 Å². The summed E-state index contributed by atoms with van der Waals surface area (Å²) in [5, 5.41) is 3.56. The topological polar surface area (TPSA) is 40.7 Å². The van der Waals surface area contributed by atoms with Crippen LogP contribution < -0.4 is 5.32 Å². The minimum absolute atomic E-state index is 0.653. The van der Waals surface area contributed by atoms with Gasteiger partial charge in [0.15, 0.2) is 0 Å². The van der Waals surface area contributed by atoms with E-state index in [0.29, 0.717) is 6.04 Å². The number of aromatic amines is 1. The molecule has 0 bridgehead atoms. The predicted octanol–water partition coefficient (Wildman–Crippen LogP) is 2.86. The summed E-state index contributed by atoms with van der Waals surface area (Å²) in [6.07, 6.45) is 10.1. The van der Waals surface area contributed by atoms with E-state index >= 15 is 0 Å². The van der Waals surface area contributed by atoms with E-state index in [9.17, 15) is 0 Å². The molecule has 3 heteroatoms. The zero-order chi connectivity index (χ0) is 10.9. The molecule has 0 spiro atoms. The van der Waals surface area contributed by atoms with Crippen LogP contribution in [-0.4, -0.2) is 16.0 Å². The fraction of sp³-hybridized carbons (Fsp3) is 0.750. The molecule has 1 atom stereocenters. The van der Waals surface area contributed by atoms with Crippen LogP contribution in [0.1, 0.15) is 51.8 Å². The molecule has 1 heterocycles. The van der Waals surface area contributed by atoms with Gasteiger partial charge in [0.05, 0.1) is 6.54 Å². The molecule has 1 unspecified atom stereocenters. The van der Waals surface area contributed by atoms with Gasteiger partial charge in [-0.15, -0.1) is 0 Å². The summed E-state index contributed by atoms with van der Waals surface area (Å²) in [5.74, 6) is 1.03. The molecule has 0 aliphatic rings. The van der Waals surface area contributed by atoms with Gasteiger partial charge in [-0.1, -0.05) is 33.1 Å².